The van der Waals surface area contributed by atoms with Crippen molar-refractivity contribution in [2.75, 3.05) is 19.6 Å². The van der Waals surface area contributed by atoms with Crippen molar-refractivity contribution in [3.63, 3.8) is 0 Å². The van der Waals surface area contributed by atoms with Crippen LogP contribution in [0.15, 0.2) is 12.1 Å². The number of hydrogen-bond donors (Lipinski definition) is 1. The molecule has 2 amide bonds. The maximum Gasteiger partial charge on any atom is 0.348 e. The van der Waals surface area contributed by atoms with E-state index in [2.05, 4.69) is 10.2 Å². The van der Waals surface area contributed by atoms with E-state index in [1.807, 2.05) is 0 Å². The van der Waals surface area contributed by atoms with Gasteiger partial charge in [0.25, 0.3) is 0 Å². The van der Waals surface area contributed by atoms with E-state index in [0.29, 0.717) is 54.8 Å². The van der Waals surface area contributed by atoms with Gasteiger partial charge in [0.1, 0.15) is 29.9 Å². The highest BCUT2D eigenvalue weighted by molar-refractivity contribution is 6.31. The van der Waals surface area contributed by atoms with Gasteiger partial charge in [0, 0.05) is 36.6 Å². The number of aromatic nitrogens is 3. The molecule has 1 saturated carbocycles. The second-order valence-corrected chi connectivity index (χ2v) is 11.5. The molecule has 1 saturated heterocycles. The molecule has 1 aromatic heterocycles. The van der Waals surface area contributed by atoms with Crippen molar-refractivity contribution in [2.45, 2.75) is 77.2 Å². The lowest BCUT2D eigenvalue weighted by molar-refractivity contribution is -0.154. The van der Waals surface area contributed by atoms with Crippen LogP contribution in [0.1, 0.15) is 86.7 Å². The fraction of sp³-hybridized carbons (Fsp3) is 0.607. The second kappa shape index (κ2) is 12.5. The zero-order chi connectivity index (χ0) is 30.1. The average molecular weight is 612 g/mol. The Bertz CT molecular complexity index is 1360. The number of benzene rings is 1. The first kappa shape index (κ1) is 30.1. The predicted octanol–water partition coefficient (Wildman–Crippen LogP) is 4.88. The lowest BCUT2D eigenvalue weighted by Crippen LogP contribution is -2.50. The normalized spacial score (nSPS) is 23.3. The van der Waals surface area contributed by atoms with Crippen molar-refractivity contribution >= 4 is 29.4 Å². The molecule has 0 radical (unpaired) electrons. The number of aliphatic carboxylic acids is 1. The molecule has 0 spiro atoms. The number of carboxylic acid groups (broad SMARTS) is 1. The molecule has 2 fully saturated rings. The van der Waals surface area contributed by atoms with Gasteiger partial charge in [0.2, 0.25) is 11.8 Å². The molecule has 14 heteroatoms. The van der Waals surface area contributed by atoms with Crippen LogP contribution in [0.5, 0.6) is 5.75 Å². The fourth-order valence-corrected chi connectivity index (χ4v) is 6.67. The summed E-state index contributed by atoms with van der Waals surface area (Å²) in [7, 11) is 0. The third-order valence-corrected chi connectivity index (χ3v) is 8.82. The van der Waals surface area contributed by atoms with E-state index in [1.54, 1.807) is 21.9 Å². The number of rotatable bonds is 9. The third-order valence-electron chi connectivity index (χ3n) is 8.46. The maximum absolute atomic E-state index is 14.2. The van der Waals surface area contributed by atoms with Crippen molar-refractivity contribution < 1.29 is 37.4 Å². The van der Waals surface area contributed by atoms with Crippen molar-refractivity contribution in [3.05, 3.63) is 39.7 Å². The molecule has 3 aliphatic rings. The number of nitrogens with zero attached hydrogens (tertiary/aromatic N) is 5. The first-order valence-electron chi connectivity index (χ1n) is 14.2. The highest BCUT2D eigenvalue weighted by Crippen LogP contribution is 2.43. The van der Waals surface area contributed by atoms with Gasteiger partial charge in [-0.3, -0.25) is 14.4 Å². The molecule has 42 heavy (non-hydrogen) atoms. The number of fused-ring (bicyclic) bond motifs is 1. The number of carboxylic acids is 1. The van der Waals surface area contributed by atoms with Crippen LogP contribution in [0.25, 0.3) is 0 Å². The number of carbonyl (C=O) groups is 3. The number of hydrogen-bond acceptors (Lipinski definition) is 6. The number of carbonyl (C=O) groups excluding carboxylic acids is 2. The zero-order valence-corrected chi connectivity index (χ0v) is 23.9. The van der Waals surface area contributed by atoms with E-state index in [1.165, 1.54) is 0 Å². The Kier molecular flexibility index (Phi) is 8.95. The minimum absolute atomic E-state index is 0.0507. The van der Waals surface area contributed by atoms with Crippen LogP contribution in [0.4, 0.5) is 13.2 Å². The van der Waals surface area contributed by atoms with Gasteiger partial charge in [-0.15, -0.1) is 15.0 Å². The van der Waals surface area contributed by atoms with E-state index in [-0.39, 0.29) is 53.4 Å². The molecule has 2 aliphatic heterocycles. The maximum atomic E-state index is 14.2. The van der Waals surface area contributed by atoms with Crippen LogP contribution in [0.2, 0.25) is 5.02 Å². The van der Waals surface area contributed by atoms with E-state index in [0.717, 1.165) is 19.8 Å². The standard InChI is InChI=1S/C28H33ClF3N5O5/c1-15(30)25-20(33-37(34-25)28(31)32)14-42-22-9-8-19(29)18-10-12-36(21(24(18)22)13-35-11-4-7-23(35)38)26(39)16-5-2-3-6-17(16)27(40)41/h8-9,15-17,21,28H,2-7,10-14H2,1H3,(H,40,41). The molecule has 1 N–H and O–H groups in total. The third kappa shape index (κ3) is 5.93. The summed E-state index contributed by atoms with van der Waals surface area (Å²) in [6, 6.07) is 2.52. The summed E-state index contributed by atoms with van der Waals surface area (Å²) < 4.78 is 46.7. The lowest BCUT2D eigenvalue weighted by atomic mass is 9.77. The van der Waals surface area contributed by atoms with E-state index in [4.69, 9.17) is 16.3 Å². The molecule has 4 unspecified atom stereocenters. The Morgan fingerprint density at radius 3 is 2.48 bits per heavy atom. The van der Waals surface area contributed by atoms with Crippen molar-refractivity contribution in [1.82, 2.24) is 24.8 Å². The van der Waals surface area contributed by atoms with Gasteiger partial charge >= 0.3 is 12.5 Å². The number of alkyl halides is 3. The van der Waals surface area contributed by atoms with Gasteiger partial charge in [-0.1, -0.05) is 24.4 Å². The Morgan fingerprint density at radius 1 is 1.10 bits per heavy atom. The summed E-state index contributed by atoms with van der Waals surface area (Å²) in [5.41, 5.74) is 0.894. The molecule has 5 rings (SSSR count). The second-order valence-electron chi connectivity index (χ2n) is 11.0. The van der Waals surface area contributed by atoms with Crippen LogP contribution in [0.3, 0.4) is 0 Å². The van der Waals surface area contributed by atoms with Gasteiger partial charge in [-0.2, -0.15) is 8.78 Å². The predicted molar refractivity (Wildman–Crippen MR) is 144 cm³/mol. The van der Waals surface area contributed by atoms with Crippen molar-refractivity contribution in [3.8, 4) is 5.75 Å². The monoisotopic (exact) mass is 611 g/mol. The molecule has 1 aliphatic carbocycles. The summed E-state index contributed by atoms with van der Waals surface area (Å²) in [4.78, 5) is 42.2. The average Bonchev–Trinajstić information content (AvgIpc) is 3.59. The Morgan fingerprint density at radius 2 is 1.83 bits per heavy atom. The van der Waals surface area contributed by atoms with Gasteiger partial charge in [-0.05, 0) is 50.3 Å². The van der Waals surface area contributed by atoms with Gasteiger partial charge in [0.05, 0.1) is 17.9 Å². The molecule has 3 heterocycles. The Balaban J connectivity index is 1.52. The molecule has 0 bridgehead atoms. The molecule has 1 aromatic carbocycles. The SMILES string of the molecule is CC(F)c1nn(C(F)F)nc1COc1ccc(Cl)c2c1C(CN1CCCC1=O)N(C(=O)C1CCCCC1C(=O)O)CC2. The molecular weight excluding hydrogens is 579 g/mol. The Hall–Kier alpha value is -3.35. The molecule has 2 aromatic rings. The summed E-state index contributed by atoms with van der Waals surface area (Å²) in [6.45, 7) is -1.33. The topological polar surface area (TPSA) is 118 Å². The van der Waals surface area contributed by atoms with Gasteiger partial charge < -0.3 is 19.6 Å². The highest BCUT2D eigenvalue weighted by Gasteiger charge is 2.43. The lowest BCUT2D eigenvalue weighted by Gasteiger charge is -2.43. The Labute approximate surface area is 245 Å². The van der Waals surface area contributed by atoms with E-state index in [9.17, 15) is 32.7 Å². The van der Waals surface area contributed by atoms with Crippen LogP contribution >= 0.6 is 11.6 Å². The fourth-order valence-electron chi connectivity index (χ4n) is 6.41. The summed E-state index contributed by atoms with van der Waals surface area (Å²) in [5, 5.41) is 17.6. The van der Waals surface area contributed by atoms with Crippen molar-refractivity contribution in [2.24, 2.45) is 11.8 Å². The molecule has 4 atom stereocenters. The smallest absolute Gasteiger partial charge is 0.348 e. The van der Waals surface area contributed by atoms with Crippen LogP contribution in [-0.2, 0) is 27.4 Å². The van der Waals surface area contributed by atoms with Gasteiger partial charge in [0.15, 0.2) is 0 Å². The number of halogens is 4. The summed E-state index contributed by atoms with van der Waals surface area (Å²) >= 11 is 6.61. The van der Waals surface area contributed by atoms with Crippen LogP contribution < -0.4 is 4.74 Å². The quantitative estimate of drug-likeness (QED) is 0.430. The van der Waals surface area contributed by atoms with Crippen LogP contribution in [-0.4, -0.2) is 67.3 Å². The first-order valence-corrected chi connectivity index (χ1v) is 14.6. The first-order chi connectivity index (χ1) is 20.1. The number of likely N-dealkylation sites (tertiary alicyclic amines) is 1. The largest absolute Gasteiger partial charge is 0.487 e. The highest BCUT2D eigenvalue weighted by atomic mass is 35.5. The van der Waals surface area contributed by atoms with Gasteiger partial charge in [-0.25, -0.2) is 4.39 Å². The minimum Gasteiger partial charge on any atom is -0.487 e. The van der Waals surface area contributed by atoms with Crippen molar-refractivity contribution in [1.29, 1.82) is 0 Å². The molecule has 10 nitrogen and oxygen atoms in total. The molecule has 228 valence electrons. The summed E-state index contributed by atoms with van der Waals surface area (Å²) in [6.07, 6.45) is 2.11. The van der Waals surface area contributed by atoms with E-state index < -0.39 is 36.6 Å². The number of amides is 2. The minimum atomic E-state index is -3.06. The van der Waals surface area contributed by atoms with E-state index >= 15 is 0 Å². The number of ether oxygens (including phenoxy) is 1. The summed E-state index contributed by atoms with van der Waals surface area (Å²) in [5.74, 6) is -2.55. The molecular formula is C28H33ClF3N5O5. The van der Waals surface area contributed by atoms with Crippen LogP contribution in [0, 0.1) is 11.8 Å². The zero-order valence-electron chi connectivity index (χ0n) is 23.1.